The van der Waals surface area contributed by atoms with Crippen LogP contribution in [0.25, 0.3) is 0 Å². The highest BCUT2D eigenvalue weighted by atomic mass is 19.1. The van der Waals surface area contributed by atoms with Gasteiger partial charge in [-0.1, -0.05) is 44.2 Å². The van der Waals surface area contributed by atoms with E-state index in [0.717, 1.165) is 11.5 Å². The highest BCUT2D eigenvalue weighted by Crippen LogP contribution is 2.19. The summed E-state index contributed by atoms with van der Waals surface area (Å²) in [5.74, 6) is 1.69. The molecular formula is C24H28FNO3. The summed E-state index contributed by atoms with van der Waals surface area (Å²) in [4.78, 5) is 1.95. The molecule has 0 bridgehead atoms. The van der Waals surface area contributed by atoms with Crippen molar-refractivity contribution in [3.05, 3.63) is 89.6 Å². The molecule has 0 aliphatic carbocycles. The molecular weight excluding hydrogens is 369 g/mol. The lowest BCUT2D eigenvalue weighted by molar-refractivity contribution is 0.0600. The van der Waals surface area contributed by atoms with E-state index in [1.165, 1.54) is 11.6 Å². The van der Waals surface area contributed by atoms with Crippen LogP contribution in [0.3, 0.4) is 0 Å². The Bertz CT molecular complexity index is 862. The van der Waals surface area contributed by atoms with Crippen molar-refractivity contribution in [3.8, 4) is 5.75 Å². The second-order valence-electron chi connectivity index (χ2n) is 7.53. The van der Waals surface area contributed by atoms with E-state index in [4.69, 9.17) is 9.15 Å². The van der Waals surface area contributed by atoms with Gasteiger partial charge in [-0.2, -0.15) is 0 Å². The summed E-state index contributed by atoms with van der Waals surface area (Å²) < 4.78 is 25.3. The monoisotopic (exact) mass is 397 g/mol. The van der Waals surface area contributed by atoms with E-state index in [1.807, 2.05) is 47.4 Å². The zero-order valence-corrected chi connectivity index (χ0v) is 16.9. The Labute approximate surface area is 171 Å². The minimum atomic E-state index is -0.721. The number of ether oxygens (including phenoxy) is 1. The number of benzene rings is 2. The van der Waals surface area contributed by atoms with Crippen LogP contribution < -0.4 is 4.74 Å². The predicted octanol–water partition coefficient (Wildman–Crippen LogP) is 4.98. The SMILES string of the molecule is CC(C)c1ccc(OCC(O)CN(Cc2ccco2)Cc2ccccc2F)cc1. The number of rotatable bonds is 10. The number of hydrogen-bond acceptors (Lipinski definition) is 4. The second kappa shape index (κ2) is 10.2. The Morgan fingerprint density at radius 3 is 2.41 bits per heavy atom. The van der Waals surface area contributed by atoms with E-state index in [1.54, 1.807) is 18.4 Å². The molecule has 0 spiro atoms. The molecule has 1 atom stereocenters. The van der Waals surface area contributed by atoms with Crippen LogP contribution in [0, 0.1) is 5.82 Å². The number of halogens is 1. The summed E-state index contributed by atoms with van der Waals surface area (Å²) in [7, 11) is 0. The summed E-state index contributed by atoms with van der Waals surface area (Å²) >= 11 is 0. The highest BCUT2D eigenvalue weighted by molar-refractivity contribution is 5.28. The summed E-state index contributed by atoms with van der Waals surface area (Å²) in [5, 5.41) is 10.5. The van der Waals surface area contributed by atoms with Gasteiger partial charge in [0.1, 0.15) is 30.0 Å². The van der Waals surface area contributed by atoms with Crippen LogP contribution in [0.15, 0.2) is 71.3 Å². The van der Waals surface area contributed by atoms with Crippen LogP contribution in [0.4, 0.5) is 4.39 Å². The number of nitrogens with zero attached hydrogens (tertiary/aromatic N) is 1. The van der Waals surface area contributed by atoms with Crippen molar-refractivity contribution < 1.29 is 18.7 Å². The Morgan fingerprint density at radius 2 is 1.76 bits per heavy atom. The summed E-state index contributed by atoms with van der Waals surface area (Å²) in [6, 6.07) is 18.3. The molecule has 0 saturated heterocycles. The molecule has 3 rings (SSSR count). The van der Waals surface area contributed by atoms with Crippen molar-refractivity contribution in [2.75, 3.05) is 13.2 Å². The van der Waals surface area contributed by atoms with Gasteiger partial charge in [-0.05, 0) is 41.8 Å². The topological polar surface area (TPSA) is 45.8 Å². The van der Waals surface area contributed by atoms with E-state index < -0.39 is 6.10 Å². The summed E-state index contributed by atoms with van der Waals surface area (Å²) in [6.07, 6.45) is 0.887. The lowest BCUT2D eigenvalue weighted by Gasteiger charge is -2.24. The van der Waals surface area contributed by atoms with Gasteiger partial charge in [-0.3, -0.25) is 4.90 Å². The quantitative estimate of drug-likeness (QED) is 0.524. The molecule has 1 heterocycles. The van der Waals surface area contributed by atoms with E-state index in [-0.39, 0.29) is 12.4 Å². The van der Waals surface area contributed by atoms with E-state index >= 15 is 0 Å². The van der Waals surface area contributed by atoms with Crippen molar-refractivity contribution in [2.45, 2.75) is 39.0 Å². The van der Waals surface area contributed by atoms with Gasteiger partial charge in [0, 0.05) is 18.7 Å². The van der Waals surface area contributed by atoms with E-state index in [0.29, 0.717) is 31.1 Å². The van der Waals surface area contributed by atoms with Gasteiger partial charge in [0.05, 0.1) is 12.8 Å². The Morgan fingerprint density at radius 1 is 1.00 bits per heavy atom. The first-order valence-electron chi connectivity index (χ1n) is 9.90. The Kier molecular flexibility index (Phi) is 7.44. The van der Waals surface area contributed by atoms with Gasteiger partial charge in [-0.25, -0.2) is 4.39 Å². The number of furan rings is 1. The average molecular weight is 397 g/mol. The third kappa shape index (κ3) is 6.44. The van der Waals surface area contributed by atoms with Crippen LogP contribution in [0.1, 0.15) is 36.7 Å². The van der Waals surface area contributed by atoms with Crippen molar-refractivity contribution in [3.63, 3.8) is 0 Å². The lowest BCUT2D eigenvalue weighted by Crippen LogP contribution is -2.35. The molecule has 5 heteroatoms. The maximum Gasteiger partial charge on any atom is 0.127 e. The maximum absolute atomic E-state index is 14.1. The average Bonchev–Trinajstić information content (AvgIpc) is 3.21. The van der Waals surface area contributed by atoms with Crippen molar-refractivity contribution >= 4 is 0 Å². The lowest BCUT2D eigenvalue weighted by atomic mass is 10.0. The fourth-order valence-electron chi connectivity index (χ4n) is 3.17. The van der Waals surface area contributed by atoms with E-state index in [9.17, 15) is 9.50 Å². The molecule has 0 radical (unpaired) electrons. The first-order chi connectivity index (χ1) is 14.0. The number of aliphatic hydroxyl groups is 1. The third-order valence-corrected chi connectivity index (χ3v) is 4.77. The molecule has 2 aromatic carbocycles. The molecule has 0 fully saturated rings. The number of hydrogen-bond donors (Lipinski definition) is 1. The molecule has 154 valence electrons. The van der Waals surface area contributed by atoms with Gasteiger partial charge in [0.2, 0.25) is 0 Å². The smallest absolute Gasteiger partial charge is 0.127 e. The van der Waals surface area contributed by atoms with Gasteiger partial charge in [0.25, 0.3) is 0 Å². The molecule has 4 nitrogen and oxygen atoms in total. The highest BCUT2D eigenvalue weighted by Gasteiger charge is 2.16. The van der Waals surface area contributed by atoms with Gasteiger partial charge < -0.3 is 14.3 Å². The van der Waals surface area contributed by atoms with Gasteiger partial charge in [0.15, 0.2) is 0 Å². The van der Waals surface area contributed by atoms with Crippen LogP contribution in [-0.4, -0.2) is 29.3 Å². The maximum atomic E-state index is 14.1. The fourth-order valence-corrected chi connectivity index (χ4v) is 3.17. The van der Waals surface area contributed by atoms with Crippen LogP contribution >= 0.6 is 0 Å². The molecule has 0 aliphatic rings. The van der Waals surface area contributed by atoms with E-state index in [2.05, 4.69) is 13.8 Å². The third-order valence-electron chi connectivity index (χ3n) is 4.77. The largest absolute Gasteiger partial charge is 0.491 e. The van der Waals surface area contributed by atoms with Gasteiger partial charge >= 0.3 is 0 Å². The summed E-state index contributed by atoms with van der Waals surface area (Å²) in [6.45, 7) is 5.62. The minimum Gasteiger partial charge on any atom is -0.491 e. The van der Waals surface area contributed by atoms with Crippen LogP contribution in [0.2, 0.25) is 0 Å². The van der Waals surface area contributed by atoms with Crippen molar-refractivity contribution in [1.82, 2.24) is 4.90 Å². The fraction of sp³-hybridized carbons (Fsp3) is 0.333. The second-order valence-corrected chi connectivity index (χ2v) is 7.53. The molecule has 0 amide bonds. The first-order valence-corrected chi connectivity index (χ1v) is 9.90. The molecule has 0 aliphatic heterocycles. The molecule has 1 N–H and O–H groups in total. The minimum absolute atomic E-state index is 0.160. The van der Waals surface area contributed by atoms with Crippen molar-refractivity contribution in [1.29, 1.82) is 0 Å². The predicted molar refractivity (Wildman–Crippen MR) is 111 cm³/mol. The number of aliphatic hydroxyl groups excluding tert-OH is 1. The zero-order chi connectivity index (χ0) is 20.6. The van der Waals surface area contributed by atoms with Crippen LogP contribution in [0.5, 0.6) is 5.75 Å². The standard InChI is InChI=1S/C24H28FNO3/c1-18(2)19-9-11-22(12-10-19)29-17-21(27)15-26(16-23-7-5-13-28-23)14-20-6-3-4-8-24(20)25/h3-13,18,21,27H,14-17H2,1-2H3. The molecule has 1 aromatic heterocycles. The first kappa shape index (κ1) is 21.1. The van der Waals surface area contributed by atoms with Gasteiger partial charge in [-0.15, -0.1) is 0 Å². The Balaban J connectivity index is 1.59. The molecule has 29 heavy (non-hydrogen) atoms. The molecule has 3 aromatic rings. The van der Waals surface area contributed by atoms with Crippen LogP contribution in [-0.2, 0) is 13.1 Å². The molecule has 0 saturated carbocycles. The Hall–Kier alpha value is -2.63. The zero-order valence-electron chi connectivity index (χ0n) is 16.9. The summed E-state index contributed by atoms with van der Waals surface area (Å²) in [5.41, 5.74) is 1.82. The molecule has 1 unspecified atom stereocenters. The normalized spacial score (nSPS) is 12.5. The van der Waals surface area contributed by atoms with Crippen molar-refractivity contribution in [2.24, 2.45) is 0 Å².